The van der Waals surface area contributed by atoms with Gasteiger partial charge in [0.25, 0.3) is 0 Å². The summed E-state index contributed by atoms with van der Waals surface area (Å²) in [7, 11) is 0. The van der Waals surface area contributed by atoms with Crippen LogP contribution in [-0.4, -0.2) is 4.98 Å². The summed E-state index contributed by atoms with van der Waals surface area (Å²) in [6.07, 6.45) is 1.86. The summed E-state index contributed by atoms with van der Waals surface area (Å²) in [6.45, 7) is 0.475. The number of para-hydroxylation sites is 1. The van der Waals surface area contributed by atoms with E-state index in [0.717, 1.165) is 31.4 Å². The highest BCUT2D eigenvalue weighted by molar-refractivity contribution is 8.05. The molecular weight excluding hydrogens is 420 g/mol. The van der Waals surface area contributed by atoms with E-state index in [2.05, 4.69) is 11.1 Å². The van der Waals surface area contributed by atoms with Crippen molar-refractivity contribution >= 4 is 51.0 Å². The molecular formula is C23H15ClN2OS2. The van der Waals surface area contributed by atoms with Crippen LogP contribution in [0.3, 0.4) is 0 Å². The minimum Gasteiger partial charge on any atom is -0.489 e. The summed E-state index contributed by atoms with van der Waals surface area (Å²) in [5.74, 6) is 0.773. The van der Waals surface area contributed by atoms with Gasteiger partial charge in [-0.25, -0.2) is 4.98 Å². The van der Waals surface area contributed by atoms with Crippen molar-refractivity contribution in [1.82, 2.24) is 4.98 Å². The number of fused-ring (bicyclic) bond motifs is 1. The Bertz CT molecular complexity index is 1160. The minimum absolute atomic E-state index is 0.475. The lowest BCUT2D eigenvalue weighted by atomic mass is 10.2. The SMILES string of the molecule is N#C/C(=C\c1ccc(OCc2ccc(Cl)cc2)cc1)Sc1nc2ccccc2s1. The fourth-order valence-corrected chi connectivity index (χ4v) is 4.73. The average Bonchev–Trinajstić information content (AvgIpc) is 3.16. The molecule has 29 heavy (non-hydrogen) atoms. The van der Waals surface area contributed by atoms with Gasteiger partial charge in [0, 0.05) is 5.02 Å². The molecule has 0 aliphatic heterocycles. The van der Waals surface area contributed by atoms with Gasteiger partial charge >= 0.3 is 0 Å². The zero-order valence-corrected chi connectivity index (χ0v) is 17.6. The second-order valence-corrected chi connectivity index (χ2v) is 8.91. The Morgan fingerprint density at radius 2 is 1.83 bits per heavy atom. The van der Waals surface area contributed by atoms with Crippen molar-refractivity contribution < 1.29 is 4.74 Å². The monoisotopic (exact) mass is 434 g/mol. The molecule has 0 spiro atoms. The van der Waals surface area contributed by atoms with E-state index < -0.39 is 0 Å². The zero-order chi connectivity index (χ0) is 20.1. The van der Waals surface area contributed by atoms with Gasteiger partial charge in [-0.1, -0.05) is 48.0 Å². The van der Waals surface area contributed by atoms with E-state index in [4.69, 9.17) is 16.3 Å². The van der Waals surface area contributed by atoms with Crippen LogP contribution in [0.4, 0.5) is 0 Å². The fraction of sp³-hybridized carbons (Fsp3) is 0.0435. The Morgan fingerprint density at radius 1 is 1.07 bits per heavy atom. The van der Waals surface area contributed by atoms with Crippen LogP contribution >= 0.6 is 34.7 Å². The molecule has 6 heteroatoms. The van der Waals surface area contributed by atoms with Gasteiger partial charge in [0.05, 0.1) is 15.1 Å². The molecule has 0 unspecified atom stereocenters. The van der Waals surface area contributed by atoms with E-state index in [1.165, 1.54) is 11.8 Å². The van der Waals surface area contributed by atoms with Crippen LogP contribution < -0.4 is 4.74 Å². The number of thioether (sulfide) groups is 1. The molecule has 1 heterocycles. The smallest absolute Gasteiger partial charge is 0.156 e. The van der Waals surface area contributed by atoms with Gasteiger partial charge in [-0.2, -0.15) is 5.26 Å². The largest absolute Gasteiger partial charge is 0.489 e. The maximum absolute atomic E-state index is 9.51. The maximum atomic E-state index is 9.51. The van der Waals surface area contributed by atoms with Gasteiger partial charge in [-0.15, -0.1) is 11.3 Å². The Morgan fingerprint density at radius 3 is 2.55 bits per heavy atom. The molecule has 0 bridgehead atoms. The molecule has 0 N–H and O–H groups in total. The molecule has 0 aliphatic carbocycles. The van der Waals surface area contributed by atoms with Gasteiger partial charge < -0.3 is 4.74 Å². The Labute approximate surface area is 182 Å². The lowest BCUT2D eigenvalue weighted by molar-refractivity contribution is 0.306. The first-order valence-corrected chi connectivity index (χ1v) is 10.8. The average molecular weight is 435 g/mol. The standard InChI is InChI=1S/C23H15ClN2OS2/c24-18-9-5-17(6-10-18)15-27-19-11-7-16(8-12-19)13-20(14-25)28-23-26-21-3-1-2-4-22(21)29-23/h1-13H,15H2/b20-13+. The number of nitriles is 1. The summed E-state index contributed by atoms with van der Waals surface area (Å²) >= 11 is 8.88. The number of ether oxygens (including phenoxy) is 1. The topological polar surface area (TPSA) is 45.9 Å². The van der Waals surface area contributed by atoms with Crippen LogP contribution in [0.15, 0.2) is 82.0 Å². The van der Waals surface area contributed by atoms with Crippen LogP contribution in [0.2, 0.25) is 5.02 Å². The van der Waals surface area contributed by atoms with Crippen molar-refractivity contribution in [3.8, 4) is 11.8 Å². The number of halogens is 1. The van der Waals surface area contributed by atoms with Crippen molar-refractivity contribution in [2.45, 2.75) is 10.9 Å². The van der Waals surface area contributed by atoms with Gasteiger partial charge in [-0.3, -0.25) is 0 Å². The normalized spacial score (nSPS) is 11.4. The van der Waals surface area contributed by atoms with E-state index in [1.807, 2.05) is 78.9 Å². The number of hydrogen-bond acceptors (Lipinski definition) is 5. The highest BCUT2D eigenvalue weighted by atomic mass is 35.5. The van der Waals surface area contributed by atoms with E-state index in [0.29, 0.717) is 16.5 Å². The quantitative estimate of drug-likeness (QED) is 0.238. The van der Waals surface area contributed by atoms with Crippen LogP contribution in [0.25, 0.3) is 16.3 Å². The molecule has 0 saturated carbocycles. The first-order valence-electron chi connectivity index (χ1n) is 8.82. The predicted octanol–water partition coefficient (Wildman–Crippen LogP) is 7.19. The number of thiazole rings is 1. The third-order valence-corrected chi connectivity index (χ3v) is 6.36. The molecule has 0 fully saturated rings. The Hall–Kier alpha value is -2.78. The molecule has 0 aliphatic rings. The van der Waals surface area contributed by atoms with Crippen molar-refractivity contribution in [3.63, 3.8) is 0 Å². The summed E-state index contributed by atoms with van der Waals surface area (Å²) in [6, 6.07) is 25.5. The van der Waals surface area contributed by atoms with Crippen molar-refractivity contribution in [2.24, 2.45) is 0 Å². The van der Waals surface area contributed by atoms with Gasteiger partial charge in [0.15, 0.2) is 4.34 Å². The molecule has 0 atom stereocenters. The molecule has 4 rings (SSSR count). The molecule has 0 radical (unpaired) electrons. The van der Waals surface area contributed by atoms with Crippen molar-refractivity contribution in [3.05, 3.63) is 93.9 Å². The van der Waals surface area contributed by atoms with Crippen LogP contribution in [0.5, 0.6) is 5.75 Å². The molecule has 0 saturated heterocycles. The molecule has 0 amide bonds. The van der Waals surface area contributed by atoms with E-state index in [1.54, 1.807) is 11.3 Å². The third-order valence-electron chi connectivity index (χ3n) is 4.08. The van der Waals surface area contributed by atoms with Gasteiger partial charge in [-0.05, 0) is 65.4 Å². The lowest BCUT2D eigenvalue weighted by Crippen LogP contribution is -1.94. The highest BCUT2D eigenvalue weighted by Crippen LogP contribution is 2.34. The number of rotatable bonds is 6. The number of benzene rings is 3. The predicted molar refractivity (Wildman–Crippen MR) is 121 cm³/mol. The number of allylic oxidation sites excluding steroid dienone is 1. The van der Waals surface area contributed by atoms with Gasteiger partial charge in [0.2, 0.25) is 0 Å². The first-order chi connectivity index (χ1) is 14.2. The number of aromatic nitrogens is 1. The second kappa shape index (κ2) is 9.15. The maximum Gasteiger partial charge on any atom is 0.156 e. The van der Waals surface area contributed by atoms with Crippen LogP contribution in [0, 0.1) is 11.3 Å². The summed E-state index contributed by atoms with van der Waals surface area (Å²) < 4.78 is 7.79. The van der Waals surface area contributed by atoms with Crippen molar-refractivity contribution in [1.29, 1.82) is 5.26 Å². The Kier molecular flexibility index (Phi) is 6.16. The summed E-state index contributed by atoms with van der Waals surface area (Å²) in [5, 5.41) is 10.2. The minimum atomic E-state index is 0.475. The number of nitrogens with zero attached hydrogens (tertiary/aromatic N) is 2. The van der Waals surface area contributed by atoms with Gasteiger partial charge in [0.1, 0.15) is 18.4 Å². The second-order valence-electron chi connectivity index (χ2n) is 6.15. The first kappa shape index (κ1) is 19.5. The van der Waals surface area contributed by atoms with Crippen molar-refractivity contribution in [2.75, 3.05) is 0 Å². The zero-order valence-electron chi connectivity index (χ0n) is 15.2. The van der Waals surface area contributed by atoms with E-state index >= 15 is 0 Å². The Balaban J connectivity index is 1.42. The summed E-state index contributed by atoms with van der Waals surface area (Å²) in [5.41, 5.74) is 2.95. The summed E-state index contributed by atoms with van der Waals surface area (Å²) in [4.78, 5) is 5.17. The van der Waals surface area contributed by atoms with Crippen LogP contribution in [-0.2, 0) is 6.61 Å². The lowest BCUT2D eigenvalue weighted by Gasteiger charge is -2.07. The molecule has 142 valence electrons. The van der Waals surface area contributed by atoms with Crippen LogP contribution in [0.1, 0.15) is 11.1 Å². The fourth-order valence-electron chi connectivity index (χ4n) is 2.63. The molecule has 4 aromatic rings. The van der Waals surface area contributed by atoms with E-state index in [-0.39, 0.29) is 0 Å². The third kappa shape index (κ3) is 5.18. The molecule has 3 nitrogen and oxygen atoms in total. The number of hydrogen-bond donors (Lipinski definition) is 0. The highest BCUT2D eigenvalue weighted by Gasteiger charge is 2.07. The molecule has 1 aromatic heterocycles. The molecule has 3 aromatic carbocycles. The van der Waals surface area contributed by atoms with E-state index in [9.17, 15) is 5.26 Å².